The Balaban J connectivity index is 2.10. The first kappa shape index (κ1) is 17.3. The molecule has 3 heteroatoms. The minimum atomic E-state index is -0.204. The lowest BCUT2D eigenvalue weighted by Gasteiger charge is -2.16. The molecule has 1 heterocycles. The van der Waals surface area contributed by atoms with Crippen LogP contribution in [-0.2, 0) is 17.7 Å². The molecule has 0 N–H and O–H groups in total. The second kappa shape index (κ2) is 8.56. The molecule has 0 bridgehead atoms. The van der Waals surface area contributed by atoms with E-state index in [4.69, 9.17) is 4.74 Å². The summed E-state index contributed by atoms with van der Waals surface area (Å²) in [4.78, 5) is 12.2. The lowest BCUT2D eigenvalue weighted by Crippen LogP contribution is -2.12. The molecule has 0 fully saturated rings. The van der Waals surface area contributed by atoms with Crippen LogP contribution in [0.5, 0.6) is 0 Å². The molecule has 1 aromatic heterocycles. The molecule has 2 aromatic rings. The van der Waals surface area contributed by atoms with Gasteiger partial charge in [0.1, 0.15) is 0 Å². The Labute approximate surface area is 139 Å². The van der Waals surface area contributed by atoms with Crippen LogP contribution in [0.3, 0.4) is 0 Å². The Morgan fingerprint density at radius 1 is 1.17 bits per heavy atom. The van der Waals surface area contributed by atoms with Crippen molar-refractivity contribution in [3.8, 4) is 0 Å². The predicted octanol–water partition coefficient (Wildman–Crippen LogP) is 4.81. The highest BCUT2D eigenvalue weighted by Crippen LogP contribution is 2.25. The van der Waals surface area contributed by atoms with Crippen LogP contribution in [0.2, 0.25) is 0 Å². The van der Waals surface area contributed by atoms with Gasteiger partial charge in [-0.1, -0.05) is 44.2 Å². The highest BCUT2D eigenvalue weighted by atomic mass is 16.5. The summed E-state index contributed by atoms with van der Waals surface area (Å²) < 4.78 is 7.42. The van der Waals surface area contributed by atoms with Gasteiger partial charge in [0, 0.05) is 18.4 Å². The van der Waals surface area contributed by atoms with Crippen molar-refractivity contribution in [2.45, 2.75) is 52.5 Å². The van der Waals surface area contributed by atoms with E-state index in [1.54, 1.807) is 0 Å². The van der Waals surface area contributed by atoms with Crippen molar-refractivity contribution in [3.05, 3.63) is 59.4 Å². The first-order valence-electron chi connectivity index (χ1n) is 8.57. The predicted molar refractivity (Wildman–Crippen MR) is 93.9 cm³/mol. The molecule has 0 spiro atoms. The summed E-state index contributed by atoms with van der Waals surface area (Å²) in [7, 11) is 0. The van der Waals surface area contributed by atoms with E-state index in [-0.39, 0.29) is 5.97 Å². The maximum Gasteiger partial charge on any atom is 0.339 e. The van der Waals surface area contributed by atoms with Crippen molar-refractivity contribution in [1.82, 2.24) is 4.57 Å². The molecular formula is C20H27NO2. The molecule has 0 amide bonds. The van der Waals surface area contributed by atoms with E-state index < -0.39 is 0 Å². The Hall–Kier alpha value is -2.03. The number of aromatic nitrogens is 1. The molecule has 0 radical (unpaired) electrons. The first-order chi connectivity index (χ1) is 11.2. The number of nitrogens with zero attached hydrogens (tertiary/aromatic N) is 1. The number of benzene rings is 1. The van der Waals surface area contributed by atoms with Crippen molar-refractivity contribution in [1.29, 1.82) is 0 Å². The Morgan fingerprint density at radius 2 is 1.91 bits per heavy atom. The van der Waals surface area contributed by atoms with Crippen molar-refractivity contribution >= 4 is 5.97 Å². The molecular weight excluding hydrogens is 286 g/mol. The minimum Gasteiger partial charge on any atom is -0.462 e. The van der Waals surface area contributed by atoms with E-state index in [1.165, 1.54) is 5.56 Å². The van der Waals surface area contributed by atoms with Gasteiger partial charge in [-0.2, -0.15) is 0 Å². The molecule has 1 atom stereocenters. The van der Waals surface area contributed by atoms with Crippen molar-refractivity contribution in [2.75, 3.05) is 6.61 Å². The van der Waals surface area contributed by atoms with Crippen LogP contribution in [0.1, 0.15) is 61.1 Å². The molecule has 0 aliphatic rings. The molecule has 0 aliphatic carbocycles. The zero-order valence-corrected chi connectivity index (χ0v) is 14.4. The van der Waals surface area contributed by atoms with Crippen LogP contribution in [0.25, 0.3) is 0 Å². The molecule has 0 saturated carbocycles. The van der Waals surface area contributed by atoms with Gasteiger partial charge in [-0.25, -0.2) is 4.79 Å². The third-order valence-corrected chi connectivity index (χ3v) is 4.29. The number of ether oxygens (including phenoxy) is 1. The molecule has 0 aliphatic heterocycles. The summed E-state index contributed by atoms with van der Waals surface area (Å²) >= 11 is 0. The van der Waals surface area contributed by atoms with E-state index in [1.807, 2.05) is 25.3 Å². The van der Waals surface area contributed by atoms with Gasteiger partial charge in [0.25, 0.3) is 0 Å². The number of aryl methyl sites for hydroxylation is 2. The molecule has 124 valence electrons. The van der Waals surface area contributed by atoms with E-state index in [0.717, 1.165) is 37.1 Å². The smallest absolute Gasteiger partial charge is 0.339 e. The highest BCUT2D eigenvalue weighted by molar-refractivity contribution is 5.91. The zero-order chi connectivity index (χ0) is 16.7. The first-order valence-corrected chi connectivity index (χ1v) is 8.57. The average Bonchev–Trinajstić information content (AvgIpc) is 2.99. The third-order valence-electron chi connectivity index (χ3n) is 4.29. The summed E-state index contributed by atoms with van der Waals surface area (Å²) in [6.07, 6.45) is 5.14. The molecule has 23 heavy (non-hydrogen) atoms. The van der Waals surface area contributed by atoms with Crippen molar-refractivity contribution in [2.24, 2.45) is 0 Å². The normalized spacial score (nSPS) is 12.1. The summed E-state index contributed by atoms with van der Waals surface area (Å²) in [6, 6.07) is 12.4. The zero-order valence-electron chi connectivity index (χ0n) is 14.4. The van der Waals surface area contributed by atoms with Gasteiger partial charge in [-0.05, 0) is 43.7 Å². The summed E-state index contributed by atoms with van der Waals surface area (Å²) in [5, 5.41) is 0. The van der Waals surface area contributed by atoms with Crippen LogP contribution < -0.4 is 0 Å². The van der Waals surface area contributed by atoms with E-state index >= 15 is 0 Å². The number of rotatable bonds is 8. The van der Waals surface area contributed by atoms with E-state index in [2.05, 4.69) is 42.7 Å². The quantitative estimate of drug-likeness (QED) is 0.655. The maximum atomic E-state index is 12.2. The van der Waals surface area contributed by atoms with E-state index in [0.29, 0.717) is 12.5 Å². The number of hydrogen-bond acceptors (Lipinski definition) is 2. The largest absolute Gasteiger partial charge is 0.462 e. The van der Waals surface area contributed by atoms with Gasteiger partial charge >= 0.3 is 5.97 Å². The van der Waals surface area contributed by atoms with Gasteiger partial charge in [-0.15, -0.1) is 0 Å². The van der Waals surface area contributed by atoms with Gasteiger partial charge in [0.05, 0.1) is 12.2 Å². The SMILES string of the molecule is CCOC(=O)c1ccn(CCCc2ccccc2)c1C(C)CC. The van der Waals surface area contributed by atoms with Crippen LogP contribution in [0, 0.1) is 0 Å². The summed E-state index contributed by atoms with van der Waals surface area (Å²) in [5.74, 6) is 0.144. The fourth-order valence-corrected chi connectivity index (χ4v) is 2.90. The average molecular weight is 313 g/mol. The molecule has 1 aromatic carbocycles. The third kappa shape index (κ3) is 4.47. The maximum absolute atomic E-state index is 12.2. The molecule has 1 unspecified atom stereocenters. The van der Waals surface area contributed by atoms with Gasteiger partial charge < -0.3 is 9.30 Å². The monoisotopic (exact) mass is 313 g/mol. The highest BCUT2D eigenvalue weighted by Gasteiger charge is 2.20. The van der Waals surface area contributed by atoms with Crippen molar-refractivity contribution in [3.63, 3.8) is 0 Å². The lowest BCUT2D eigenvalue weighted by atomic mass is 10.0. The van der Waals surface area contributed by atoms with Gasteiger partial charge in [0.2, 0.25) is 0 Å². The minimum absolute atomic E-state index is 0.204. The Kier molecular flexibility index (Phi) is 6.45. The number of carbonyl (C=O) groups excluding carboxylic acids is 1. The van der Waals surface area contributed by atoms with Crippen LogP contribution in [0.15, 0.2) is 42.6 Å². The Morgan fingerprint density at radius 3 is 2.57 bits per heavy atom. The molecule has 2 rings (SSSR count). The van der Waals surface area contributed by atoms with Crippen LogP contribution in [0.4, 0.5) is 0 Å². The second-order valence-electron chi connectivity index (χ2n) is 5.93. The fourth-order valence-electron chi connectivity index (χ4n) is 2.90. The number of esters is 1. The Bertz CT molecular complexity index is 616. The van der Waals surface area contributed by atoms with Crippen LogP contribution >= 0.6 is 0 Å². The number of hydrogen-bond donors (Lipinski definition) is 0. The summed E-state index contributed by atoms with van der Waals surface area (Å²) in [5.41, 5.74) is 3.19. The fraction of sp³-hybridized carbons (Fsp3) is 0.450. The van der Waals surface area contributed by atoms with Crippen LogP contribution in [-0.4, -0.2) is 17.1 Å². The van der Waals surface area contributed by atoms with Gasteiger partial charge in [-0.3, -0.25) is 0 Å². The summed E-state index contributed by atoms with van der Waals surface area (Å²) in [6.45, 7) is 7.51. The molecule has 0 saturated heterocycles. The van der Waals surface area contributed by atoms with Crippen molar-refractivity contribution < 1.29 is 9.53 Å². The second-order valence-corrected chi connectivity index (χ2v) is 5.93. The molecule has 3 nitrogen and oxygen atoms in total. The van der Waals surface area contributed by atoms with Gasteiger partial charge in [0.15, 0.2) is 0 Å². The van der Waals surface area contributed by atoms with E-state index in [9.17, 15) is 4.79 Å². The topological polar surface area (TPSA) is 31.2 Å². The standard InChI is InChI=1S/C20H27NO2/c1-4-16(3)19-18(20(22)23-5-2)13-15-21(19)14-9-12-17-10-7-6-8-11-17/h6-8,10-11,13,15-16H,4-5,9,12,14H2,1-3H3. The number of carbonyl (C=O) groups is 1. The lowest BCUT2D eigenvalue weighted by molar-refractivity contribution is 0.0524.